The van der Waals surface area contributed by atoms with Crippen molar-refractivity contribution in [1.82, 2.24) is 10.6 Å². The van der Waals surface area contributed by atoms with Crippen molar-refractivity contribution < 1.29 is 15.0 Å². The zero-order chi connectivity index (χ0) is 13.4. The molecular formula is C13H20N2O3. The number of phenols is 1. The third kappa shape index (κ3) is 5.65. The van der Waals surface area contributed by atoms with Crippen molar-refractivity contribution in [1.29, 1.82) is 0 Å². The molecule has 0 fully saturated rings. The highest BCUT2D eigenvalue weighted by Crippen LogP contribution is 2.15. The summed E-state index contributed by atoms with van der Waals surface area (Å²) in [6.07, 6.45) is -0.217. The van der Waals surface area contributed by atoms with Crippen LogP contribution in [0.2, 0.25) is 0 Å². The Kier molecular flexibility index (Phi) is 6.18. The summed E-state index contributed by atoms with van der Waals surface area (Å²) >= 11 is 0. The number of para-hydroxylation sites is 1. The minimum Gasteiger partial charge on any atom is -0.508 e. The molecule has 0 heterocycles. The Morgan fingerprint density at radius 1 is 1.33 bits per heavy atom. The van der Waals surface area contributed by atoms with E-state index in [2.05, 4.69) is 10.6 Å². The molecule has 1 amide bonds. The van der Waals surface area contributed by atoms with E-state index in [1.165, 1.54) is 0 Å². The third-order valence-corrected chi connectivity index (χ3v) is 2.41. The Labute approximate surface area is 107 Å². The standard InChI is InChI=1S/C13H20N2O3/c1-10(16)9-14-6-7-15-13(18)8-11-4-2-3-5-12(11)17/h2-5,10,14,16-17H,6-9H2,1H3,(H,15,18). The zero-order valence-corrected chi connectivity index (χ0v) is 10.5. The molecule has 0 aliphatic heterocycles. The highest BCUT2D eigenvalue weighted by molar-refractivity contribution is 5.79. The van der Waals surface area contributed by atoms with Gasteiger partial charge in [-0.25, -0.2) is 0 Å². The number of aliphatic hydroxyl groups is 1. The van der Waals surface area contributed by atoms with Crippen molar-refractivity contribution in [3.63, 3.8) is 0 Å². The van der Waals surface area contributed by atoms with Crippen LogP contribution in [0.5, 0.6) is 5.75 Å². The van der Waals surface area contributed by atoms with Crippen molar-refractivity contribution >= 4 is 5.91 Å². The molecule has 5 heteroatoms. The smallest absolute Gasteiger partial charge is 0.224 e. The van der Waals surface area contributed by atoms with E-state index in [0.717, 1.165) is 0 Å². The summed E-state index contributed by atoms with van der Waals surface area (Å²) in [4.78, 5) is 11.6. The van der Waals surface area contributed by atoms with Gasteiger partial charge in [0.05, 0.1) is 12.5 Å². The number of aliphatic hydroxyl groups excluding tert-OH is 1. The maximum absolute atomic E-state index is 11.6. The highest BCUT2D eigenvalue weighted by Gasteiger charge is 2.06. The van der Waals surface area contributed by atoms with Gasteiger partial charge >= 0.3 is 0 Å². The molecule has 0 aliphatic rings. The molecule has 0 spiro atoms. The second-order valence-corrected chi connectivity index (χ2v) is 4.21. The number of hydrogen-bond acceptors (Lipinski definition) is 4. The molecule has 0 bridgehead atoms. The minimum atomic E-state index is -0.387. The molecule has 1 atom stereocenters. The van der Waals surface area contributed by atoms with Gasteiger partial charge in [0.1, 0.15) is 5.75 Å². The summed E-state index contributed by atoms with van der Waals surface area (Å²) in [6, 6.07) is 6.79. The fourth-order valence-corrected chi connectivity index (χ4v) is 1.50. The van der Waals surface area contributed by atoms with Crippen molar-refractivity contribution in [3.05, 3.63) is 29.8 Å². The van der Waals surface area contributed by atoms with Gasteiger partial charge in [-0.1, -0.05) is 18.2 Å². The summed E-state index contributed by atoms with van der Waals surface area (Å²) < 4.78 is 0. The number of rotatable bonds is 7. The zero-order valence-electron chi connectivity index (χ0n) is 10.5. The number of carbonyl (C=O) groups is 1. The fraction of sp³-hybridized carbons (Fsp3) is 0.462. The van der Waals surface area contributed by atoms with E-state index in [0.29, 0.717) is 25.2 Å². The highest BCUT2D eigenvalue weighted by atomic mass is 16.3. The van der Waals surface area contributed by atoms with Crippen molar-refractivity contribution in [3.8, 4) is 5.75 Å². The van der Waals surface area contributed by atoms with Crippen LogP contribution < -0.4 is 10.6 Å². The molecule has 0 saturated carbocycles. The molecule has 100 valence electrons. The van der Waals surface area contributed by atoms with E-state index in [1.807, 2.05) is 0 Å². The molecule has 18 heavy (non-hydrogen) atoms. The lowest BCUT2D eigenvalue weighted by Crippen LogP contribution is -2.35. The number of carbonyl (C=O) groups excluding carboxylic acids is 1. The van der Waals surface area contributed by atoms with Crippen molar-refractivity contribution in [2.24, 2.45) is 0 Å². The minimum absolute atomic E-state index is 0.129. The van der Waals surface area contributed by atoms with E-state index < -0.39 is 0 Å². The largest absolute Gasteiger partial charge is 0.508 e. The lowest BCUT2D eigenvalue weighted by Gasteiger charge is -2.08. The molecule has 0 saturated heterocycles. The molecule has 1 aromatic carbocycles. The van der Waals surface area contributed by atoms with Gasteiger partial charge in [0, 0.05) is 25.2 Å². The Hall–Kier alpha value is -1.59. The lowest BCUT2D eigenvalue weighted by atomic mass is 10.1. The van der Waals surface area contributed by atoms with Gasteiger partial charge in [0.15, 0.2) is 0 Å². The van der Waals surface area contributed by atoms with Crippen LogP contribution in [0.25, 0.3) is 0 Å². The number of phenolic OH excluding ortho intramolecular Hbond substituents is 1. The average Bonchev–Trinajstić information content (AvgIpc) is 2.31. The Balaban J connectivity index is 2.20. The summed E-state index contributed by atoms with van der Waals surface area (Å²) in [5.74, 6) is 0.00947. The summed E-state index contributed by atoms with van der Waals surface area (Å²) in [6.45, 7) is 3.32. The number of amides is 1. The Morgan fingerprint density at radius 3 is 2.72 bits per heavy atom. The van der Waals surface area contributed by atoms with E-state index in [-0.39, 0.29) is 24.2 Å². The monoisotopic (exact) mass is 252 g/mol. The number of benzene rings is 1. The molecule has 1 rings (SSSR count). The average molecular weight is 252 g/mol. The maximum atomic E-state index is 11.6. The van der Waals surface area contributed by atoms with E-state index in [4.69, 9.17) is 5.11 Å². The van der Waals surface area contributed by atoms with E-state index in [1.54, 1.807) is 31.2 Å². The van der Waals surface area contributed by atoms with E-state index in [9.17, 15) is 9.90 Å². The van der Waals surface area contributed by atoms with Gasteiger partial charge in [0.2, 0.25) is 5.91 Å². The molecule has 0 aromatic heterocycles. The Morgan fingerprint density at radius 2 is 2.06 bits per heavy atom. The predicted octanol–water partition coefficient (Wildman–Crippen LogP) is 0.0213. The summed E-state index contributed by atoms with van der Waals surface area (Å²) in [5, 5.41) is 24.3. The second-order valence-electron chi connectivity index (χ2n) is 4.21. The van der Waals surface area contributed by atoms with Gasteiger partial charge in [-0.15, -0.1) is 0 Å². The topological polar surface area (TPSA) is 81.6 Å². The van der Waals surface area contributed by atoms with Gasteiger partial charge in [-0.05, 0) is 13.0 Å². The first-order chi connectivity index (χ1) is 8.59. The number of nitrogens with one attached hydrogen (secondary N) is 2. The van der Waals surface area contributed by atoms with Crippen LogP contribution in [-0.2, 0) is 11.2 Å². The molecule has 1 aromatic rings. The van der Waals surface area contributed by atoms with Gasteiger partial charge in [-0.2, -0.15) is 0 Å². The second kappa shape index (κ2) is 7.68. The number of aromatic hydroxyl groups is 1. The van der Waals surface area contributed by atoms with Crippen LogP contribution in [0.4, 0.5) is 0 Å². The van der Waals surface area contributed by atoms with E-state index >= 15 is 0 Å². The first kappa shape index (κ1) is 14.5. The van der Waals surface area contributed by atoms with Crippen molar-refractivity contribution in [2.45, 2.75) is 19.4 Å². The van der Waals surface area contributed by atoms with Crippen LogP contribution in [0, 0.1) is 0 Å². The number of hydrogen-bond donors (Lipinski definition) is 4. The molecule has 5 nitrogen and oxygen atoms in total. The molecule has 4 N–H and O–H groups in total. The first-order valence-electron chi connectivity index (χ1n) is 6.02. The van der Waals surface area contributed by atoms with Gasteiger partial charge in [-0.3, -0.25) is 4.79 Å². The quantitative estimate of drug-likeness (QED) is 0.516. The van der Waals surface area contributed by atoms with Crippen LogP contribution >= 0.6 is 0 Å². The van der Waals surface area contributed by atoms with Crippen LogP contribution in [0.3, 0.4) is 0 Å². The summed E-state index contributed by atoms with van der Waals surface area (Å²) in [5.41, 5.74) is 0.618. The Bertz CT molecular complexity index is 380. The fourth-order valence-electron chi connectivity index (χ4n) is 1.50. The van der Waals surface area contributed by atoms with Gasteiger partial charge in [0.25, 0.3) is 0 Å². The maximum Gasteiger partial charge on any atom is 0.224 e. The molecule has 1 unspecified atom stereocenters. The van der Waals surface area contributed by atoms with Crippen molar-refractivity contribution in [2.75, 3.05) is 19.6 Å². The van der Waals surface area contributed by atoms with Crippen LogP contribution in [0.15, 0.2) is 24.3 Å². The molecule has 0 aliphatic carbocycles. The van der Waals surface area contributed by atoms with Crippen LogP contribution in [0.1, 0.15) is 12.5 Å². The molecule has 0 radical (unpaired) electrons. The third-order valence-electron chi connectivity index (χ3n) is 2.41. The van der Waals surface area contributed by atoms with Gasteiger partial charge < -0.3 is 20.8 Å². The van der Waals surface area contributed by atoms with Crippen LogP contribution in [-0.4, -0.2) is 41.9 Å². The molecular weight excluding hydrogens is 232 g/mol. The predicted molar refractivity (Wildman–Crippen MR) is 69.4 cm³/mol. The first-order valence-corrected chi connectivity index (χ1v) is 6.02. The SMILES string of the molecule is CC(O)CNCCNC(=O)Cc1ccccc1O. The lowest BCUT2D eigenvalue weighted by molar-refractivity contribution is -0.120. The summed E-state index contributed by atoms with van der Waals surface area (Å²) in [7, 11) is 0. The normalized spacial score (nSPS) is 12.1.